The smallest absolute Gasteiger partial charge is 0.333 e. The molecule has 1 aliphatic rings. The Morgan fingerprint density at radius 1 is 1.42 bits per heavy atom. The minimum Gasteiger partial charge on any atom is -0.462 e. The summed E-state index contributed by atoms with van der Waals surface area (Å²) in [5.74, 6) is 0.802. The molecule has 1 saturated heterocycles. The third-order valence-corrected chi connectivity index (χ3v) is 3.48. The van der Waals surface area contributed by atoms with E-state index >= 15 is 0 Å². The lowest BCUT2D eigenvalue weighted by molar-refractivity contribution is -0.175. The number of rotatable bonds is 5. The van der Waals surface area contributed by atoms with Crippen molar-refractivity contribution in [2.45, 2.75) is 32.5 Å². The van der Waals surface area contributed by atoms with Crippen LogP contribution in [0.25, 0.3) is 0 Å². The van der Waals surface area contributed by atoms with Crippen LogP contribution in [0.5, 0.6) is 0 Å². The summed E-state index contributed by atoms with van der Waals surface area (Å²) in [4.78, 5) is 22.6. The predicted octanol–water partition coefficient (Wildman–Crippen LogP) is 1.91. The van der Waals surface area contributed by atoms with Crippen molar-refractivity contribution in [2.75, 3.05) is 24.7 Å². The van der Waals surface area contributed by atoms with Gasteiger partial charge in [0.05, 0.1) is 18.8 Å². The van der Waals surface area contributed by atoms with Crippen molar-refractivity contribution in [1.82, 2.24) is 0 Å². The normalized spacial score (nSPS) is 19.9. The summed E-state index contributed by atoms with van der Waals surface area (Å²) in [6, 6.07) is 0. The first kappa shape index (κ1) is 16.0. The molecule has 0 N–H and O–H groups in total. The standard InChI is InChI=1S/C13H20O5S/c1-10(2)13(15)17-7-5-11(14)18-12-9-19-8-4-3-6-16-12/h12H,1,3-9H2,2H3. The van der Waals surface area contributed by atoms with Gasteiger partial charge in [0.25, 0.3) is 0 Å². The second-order valence-corrected chi connectivity index (χ2v) is 5.39. The highest BCUT2D eigenvalue weighted by Crippen LogP contribution is 2.14. The van der Waals surface area contributed by atoms with E-state index in [1.807, 2.05) is 0 Å². The Hall–Kier alpha value is -1.01. The highest BCUT2D eigenvalue weighted by atomic mass is 32.2. The van der Waals surface area contributed by atoms with Crippen LogP contribution in [0.4, 0.5) is 0 Å². The number of esters is 2. The van der Waals surface area contributed by atoms with Crippen molar-refractivity contribution in [1.29, 1.82) is 0 Å². The van der Waals surface area contributed by atoms with Gasteiger partial charge in [0.15, 0.2) is 0 Å². The van der Waals surface area contributed by atoms with Crippen LogP contribution in [0.1, 0.15) is 26.2 Å². The van der Waals surface area contributed by atoms with Gasteiger partial charge in [0.2, 0.25) is 6.29 Å². The third kappa shape index (κ3) is 7.22. The number of thioether (sulfide) groups is 1. The van der Waals surface area contributed by atoms with E-state index in [1.165, 1.54) is 0 Å². The maximum atomic E-state index is 11.5. The molecule has 0 aliphatic carbocycles. The van der Waals surface area contributed by atoms with Gasteiger partial charge in [-0.3, -0.25) is 4.79 Å². The van der Waals surface area contributed by atoms with E-state index in [9.17, 15) is 9.59 Å². The molecule has 0 bridgehead atoms. The molecular formula is C13H20O5S. The Morgan fingerprint density at radius 2 is 2.21 bits per heavy atom. The minimum absolute atomic E-state index is 0.00435. The third-order valence-electron chi connectivity index (χ3n) is 2.39. The summed E-state index contributed by atoms with van der Waals surface area (Å²) in [6.45, 7) is 5.63. The highest BCUT2D eigenvalue weighted by molar-refractivity contribution is 7.99. The van der Waals surface area contributed by atoms with Crippen molar-refractivity contribution >= 4 is 23.7 Å². The topological polar surface area (TPSA) is 61.8 Å². The number of hydrogen-bond donors (Lipinski definition) is 0. The fourth-order valence-electron chi connectivity index (χ4n) is 1.37. The second kappa shape index (κ2) is 8.98. The van der Waals surface area contributed by atoms with Crippen molar-refractivity contribution in [3.05, 3.63) is 12.2 Å². The summed E-state index contributed by atoms with van der Waals surface area (Å²) < 4.78 is 15.4. The quantitative estimate of drug-likeness (QED) is 0.569. The van der Waals surface area contributed by atoms with Gasteiger partial charge in [-0.1, -0.05) is 6.58 Å². The lowest BCUT2D eigenvalue weighted by atomic mass is 10.3. The number of ether oxygens (including phenoxy) is 3. The Kier molecular flexibility index (Phi) is 7.59. The van der Waals surface area contributed by atoms with Gasteiger partial charge in [0.1, 0.15) is 6.61 Å². The van der Waals surface area contributed by atoms with Crippen LogP contribution >= 0.6 is 11.8 Å². The number of carbonyl (C=O) groups excluding carboxylic acids is 2. The largest absolute Gasteiger partial charge is 0.462 e. The monoisotopic (exact) mass is 288 g/mol. The number of hydrogen-bond acceptors (Lipinski definition) is 6. The van der Waals surface area contributed by atoms with Gasteiger partial charge >= 0.3 is 11.9 Å². The van der Waals surface area contributed by atoms with Gasteiger partial charge in [-0.05, 0) is 25.5 Å². The van der Waals surface area contributed by atoms with E-state index in [0.717, 1.165) is 18.6 Å². The van der Waals surface area contributed by atoms with E-state index in [0.29, 0.717) is 17.9 Å². The molecule has 1 unspecified atom stereocenters. The summed E-state index contributed by atoms with van der Waals surface area (Å²) >= 11 is 1.71. The summed E-state index contributed by atoms with van der Waals surface area (Å²) in [5.41, 5.74) is 0.313. The Morgan fingerprint density at radius 3 is 2.95 bits per heavy atom. The summed E-state index contributed by atoms with van der Waals surface area (Å²) in [7, 11) is 0. The molecule has 0 spiro atoms. The highest BCUT2D eigenvalue weighted by Gasteiger charge is 2.17. The molecule has 5 nitrogen and oxygen atoms in total. The molecule has 1 rings (SSSR count). The van der Waals surface area contributed by atoms with Crippen molar-refractivity contribution in [3.8, 4) is 0 Å². The molecule has 0 aromatic carbocycles. The molecule has 0 amide bonds. The number of carbonyl (C=O) groups is 2. The Labute approximate surface area is 117 Å². The SMILES string of the molecule is C=C(C)C(=O)OCCC(=O)OC1CSCCCCO1. The molecule has 6 heteroatoms. The minimum atomic E-state index is -0.495. The lowest BCUT2D eigenvalue weighted by Crippen LogP contribution is -2.26. The predicted molar refractivity (Wildman–Crippen MR) is 72.8 cm³/mol. The summed E-state index contributed by atoms with van der Waals surface area (Å²) in [6.07, 6.45) is 1.65. The van der Waals surface area contributed by atoms with E-state index in [1.54, 1.807) is 18.7 Å². The van der Waals surface area contributed by atoms with Crippen LogP contribution in [-0.4, -0.2) is 42.9 Å². The molecular weight excluding hydrogens is 268 g/mol. The molecule has 1 aliphatic heterocycles. The van der Waals surface area contributed by atoms with Gasteiger partial charge in [-0.15, -0.1) is 0 Å². The zero-order chi connectivity index (χ0) is 14.1. The van der Waals surface area contributed by atoms with E-state index in [2.05, 4.69) is 6.58 Å². The molecule has 0 saturated carbocycles. The van der Waals surface area contributed by atoms with Crippen LogP contribution in [0.15, 0.2) is 12.2 Å². The fraction of sp³-hybridized carbons (Fsp3) is 0.692. The Bertz CT molecular complexity index is 321. The van der Waals surface area contributed by atoms with E-state index in [-0.39, 0.29) is 13.0 Å². The zero-order valence-electron chi connectivity index (χ0n) is 11.2. The molecule has 108 valence electrons. The fourth-order valence-corrected chi connectivity index (χ4v) is 2.30. The first-order chi connectivity index (χ1) is 9.09. The van der Waals surface area contributed by atoms with E-state index in [4.69, 9.17) is 14.2 Å². The van der Waals surface area contributed by atoms with Crippen LogP contribution in [0, 0.1) is 0 Å². The van der Waals surface area contributed by atoms with Gasteiger partial charge in [-0.25, -0.2) is 4.79 Å². The molecule has 1 fully saturated rings. The molecule has 0 radical (unpaired) electrons. The van der Waals surface area contributed by atoms with Gasteiger partial charge in [0, 0.05) is 5.57 Å². The van der Waals surface area contributed by atoms with E-state index < -0.39 is 18.2 Å². The first-order valence-corrected chi connectivity index (χ1v) is 7.46. The van der Waals surface area contributed by atoms with Crippen LogP contribution in [0.2, 0.25) is 0 Å². The van der Waals surface area contributed by atoms with Crippen LogP contribution < -0.4 is 0 Å². The van der Waals surface area contributed by atoms with Crippen molar-refractivity contribution < 1.29 is 23.8 Å². The maximum Gasteiger partial charge on any atom is 0.333 e. The summed E-state index contributed by atoms with van der Waals surface area (Å²) in [5, 5.41) is 0. The maximum absolute atomic E-state index is 11.5. The first-order valence-electron chi connectivity index (χ1n) is 6.31. The average Bonchev–Trinajstić information content (AvgIpc) is 2.32. The average molecular weight is 288 g/mol. The van der Waals surface area contributed by atoms with Crippen LogP contribution in [-0.2, 0) is 23.8 Å². The molecule has 0 aromatic heterocycles. The molecule has 19 heavy (non-hydrogen) atoms. The second-order valence-electron chi connectivity index (χ2n) is 4.24. The van der Waals surface area contributed by atoms with Gasteiger partial charge < -0.3 is 14.2 Å². The molecule has 1 atom stereocenters. The van der Waals surface area contributed by atoms with Crippen molar-refractivity contribution in [2.24, 2.45) is 0 Å². The van der Waals surface area contributed by atoms with Crippen LogP contribution in [0.3, 0.4) is 0 Å². The molecule has 1 heterocycles. The Balaban J connectivity index is 2.18. The van der Waals surface area contributed by atoms with Crippen molar-refractivity contribution in [3.63, 3.8) is 0 Å². The molecule has 0 aromatic rings. The zero-order valence-corrected chi connectivity index (χ0v) is 12.0. The van der Waals surface area contributed by atoms with Gasteiger partial charge in [-0.2, -0.15) is 11.8 Å². The lowest BCUT2D eigenvalue weighted by Gasteiger charge is -2.20.